The van der Waals surface area contributed by atoms with Crippen molar-refractivity contribution >= 4 is 5.96 Å². The van der Waals surface area contributed by atoms with Crippen molar-refractivity contribution in [2.24, 2.45) is 4.99 Å². The van der Waals surface area contributed by atoms with Gasteiger partial charge in [0.2, 0.25) is 0 Å². The summed E-state index contributed by atoms with van der Waals surface area (Å²) in [4.78, 5) is 4.42. The van der Waals surface area contributed by atoms with Crippen LogP contribution in [0.4, 0.5) is 4.39 Å². The lowest BCUT2D eigenvalue weighted by molar-refractivity contribution is 0.354. The van der Waals surface area contributed by atoms with Crippen molar-refractivity contribution < 1.29 is 13.9 Å². The van der Waals surface area contributed by atoms with Crippen LogP contribution in [0, 0.1) is 17.1 Å². The Kier molecular flexibility index (Phi) is 8.10. The van der Waals surface area contributed by atoms with Crippen molar-refractivity contribution in [1.82, 2.24) is 10.6 Å². The van der Waals surface area contributed by atoms with E-state index in [0.29, 0.717) is 41.7 Å². The predicted molar refractivity (Wildman–Crippen MR) is 107 cm³/mol. The summed E-state index contributed by atoms with van der Waals surface area (Å²) in [6, 6.07) is 12.1. The van der Waals surface area contributed by atoms with E-state index in [0.717, 1.165) is 12.0 Å². The highest BCUT2D eigenvalue weighted by Gasteiger charge is 2.06. The van der Waals surface area contributed by atoms with Gasteiger partial charge in [-0.25, -0.2) is 9.38 Å². The second-order valence-corrected chi connectivity index (χ2v) is 5.98. The summed E-state index contributed by atoms with van der Waals surface area (Å²) in [5, 5.41) is 15.2. The minimum Gasteiger partial charge on any atom is -0.493 e. The Morgan fingerprint density at radius 1 is 1.11 bits per heavy atom. The molecule has 2 aromatic rings. The maximum atomic E-state index is 14.0. The molecule has 0 bridgehead atoms. The van der Waals surface area contributed by atoms with Crippen LogP contribution in [0.15, 0.2) is 41.4 Å². The quantitative estimate of drug-likeness (QED) is 0.540. The lowest BCUT2D eigenvalue weighted by Gasteiger charge is -2.13. The summed E-state index contributed by atoms with van der Waals surface area (Å²) in [7, 11) is 3.22. The van der Waals surface area contributed by atoms with E-state index in [1.54, 1.807) is 26.4 Å². The van der Waals surface area contributed by atoms with Gasteiger partial charge in [-0.15, -0.1) is 0 Å². The number of aliphatic imine (C=N–C) groups is 1. The van der Waals surface area contributed by atoms with Crippen LogP contribution < -0.4 is 20.1 Å². The number of rotatable bonds is 8. The topological polar surface area (TPSA) is 78.7 Å². The van der Waals surface area contributed by atoms with Gasteiger partial charge in [0, 0.05) is 18.7 Å². The predicted octanol–water partition coefficient (Wildman–Crippen LogP) is 3.01. The molecular formula is C21H25FN4O2. The number of hydrogen-bond acceptors (Lipinski definition) is 4. The van der Waals surface area contributed by atoms with Gasteiger partial charge in [0.1, 0.15) is 5.82 Å². The Balaban J connectivity index is 1.97. The number of halogens is 1. The summed E-state index contributed by atoms with van der Waals surface area (Å²) in [6.07, 6.45) is 0.760. The molecule has 2 rings (SSSR count). The minimum atomic E-state index is -0.427. The Labute approximate surface area is 165 Å². The number of methoxy groups -OCH3 is 2. The minimum absolute atomic E-state index is 0.184. The zero-order chi connectivity index (χ0) is 20.4. The van der Waals surface area contributed by atoms with E-state index in [1.807, 2.05) is 31.2 Å². The molecule has 0 aliphatic rings. The van der Waals surface area contributed by atoms with Crippen molar-refractivity contribution in [3.63, 3.8) is 0 Å². The van der Waals surface area contributed by atoms with Crippen molar-refractivity contribution in [3.8, 4) is 17.6 Å². The highest BCUT2D eigenvalue weighted by atomic mass is 19.1. The summed E-state index contributed by atoms with van der Waals surface area (Å²) in [5.74, 6) is 1.56. The molecule has 0 unspecified atom stereocenters. The third-order valence-electron chi connectivity index (χ3n) is 4.09. The first-order valence-electron chi connectivity index (χ1n) is 9.02. The van der Waals surface area contributed by atoms with Crippen LogP contribution in [0.2, 0.25) is 0 Å². The average Bonchev–Trinajstić information content (AvgIpc) is 2.72. The standard InChI is InChI=1S/C21H25FN4O2/c1-4-24-21(26-14-17-7-5-16(13-23)11-18(17)22)25-10-9-15-6-8-19(27-2)20(12-15)28-3/h5-8,11-12H,4,9-10,14H2,1-3H3,(H2,24,25,26). The van der Waals surface area contributed by atoms with E-state index in [9.17, 15) is 4.39 Å². The van der Waals surface area contributed by atoms with Crippen LogP contribution in [0.3, 0.4) is 0 Å². The van der Waals surface area contributed by atoms with Crippen LogP contribution in [0.5, 0.6) is 11.5 Å². The van der Waals surface area contributed by atoms with Crippen molar-refractivity contribution in [2.45, 2.75) is 19.9 Å². The number of nitrogens with one attached hydrogen (secondary N) is 2. The summed E-state index contributed by atoms with van der Waals surface area (Å²) >= 11 is 0. The fourth-order valence-corrected chi connectivity index (χ4v) is 2.61. The van der Waals surface area contributed by atoms with E-state index in [-0.39, 0.29) is 6.54 Å². The molecule has 0 heterocycles. The van der Waals surface area contributed by atoms with Crippen LogP contribution in [0.25, 0.3) is 0 Å². The van der Waals surface area contributed by atoms with Gasteiger partial charge in [0.05, 0.1) is 32.4 Å². The molecule has 0 amide bonds. The molecule has 0 saturated heterocycles. The molecule has 2 N–H and O–H groups in total. The number of ether oxygens (including phenoxy) is 2. The van der Waals surface area contributed by atoms with Crippen molar-refractivity contribution in [1.29, 1.82) is 5.26 Å². The van der Waals surface area contributed by atoms with Crippen molar-refractivity contribution in [3.05, 3.63) is 58.9 Å². The molecular weight excluding hydrogens is 359 g/mol. The molecule has 0 fully saturated rings. The SMILES string of the molecule is CCNC(=NCc1ccc(C#N)cc1F)NCCc1ccc(OC)c(OC)c1. The molecule has 0 atom stereocenters. The van der Waals surface area contributed by atoms with Crippen LogP contribution in [-0.4, -0.2) is 33.3 Å². The zero-order valence-corrected chi connectivity index (χ0v) is 16.4. The maximum Gasteiger partial charge on any atom is 0.191 e. The second-order valence-electron chi connectivity index (χ2n) is 5.98. The number of hydrogen-bond donors (Lipinski definition) is 2. The van der Waals surface area contributed by atoms with E-state index in [4.69, 9.17) is 14.7 Å². The summed E-state index contributed by atoms with van der Waals surface area (Å²) in [5.41, 5.74) is 1.83. The van der Waals surface area contributed by atoms with Crippen LogP contribution >= 0.6 is 0 Å². The summed E-state index contributed by atoms with van der Waals surface area (Å²) in [6.45, 7) is 3.49. The highest BCUT2D eigenvalue weighted by molar-refractivity contribution is 5.79. The molecule has 148 valence electrons. The van der Waals surface area contributed by atoms with E-state index in [2.05, 4.69) is 15.6 Å². The van der Waals surface area contributed by atoms with Gasteiger partial charge in [-0.05, 0) is 43.2 Å². The van der Waals surface area contributed by atoms with Gasteiger partial charge in [-0.1, -0.05) is 12.1 Å². The Morgan fingerprint density at radius 2 is 1.89 bits per heavy atom. The Bertz CT molecular complexity index is 862. The van der Waals surface area contributed by atoms with E-state index in [1.165, 1.54) is 6.07 Å². The van der Waals surface area contributed by atoms with Gasteiger partial charge in [0.15, 0.2) is 17.5 Å². The summed E-state index contributed by atoms with van der Waals surface area (Å²) < 4.78 is 24.6. The highest BCUT2D eigenvalue weighted by Crippen LogP contribution is 2.27. The van der Waals surface area contributed by atoms with Crippen LogP contribution in [0.1, 0.15) is 23.6 Å². The fourth-order valence-electron chi connectivity index (χ4n) is 2.61. The first-order chi connectivity index (χ1) is 13.6. The Hall–Kier alpha value is -3.27. The third-order valence-corrected chi connectivity index (χ3v) is 4.09. The maximum absolute atomic E-state index is 14.0. The fraction of sp³-hybridized carbons (Fsp3) is 0.333. The molecule has 6 nitrogen and oxygen atoms in total. The number of guanidine groups is 1. The van der Waals surface area contributed by atoms with E-state index < -0.39 is 5.82 Å². The molecule has 28 heavy (non-hydrogen) atoms. The first kappa shape index (κ1) is 21.0. The van der Waals surface area contributed by atoms with Gasteiger partial charge in [-0.2, -0.15) is 5.26 Å². The normalized spacial score (nSPS) is 10.9. The number of nitrogens with zero attached hydrogens (tertiary/aromatic N) is 2. The van der Waals surface area contributed by atoms with Crippen molar-refractivity contribution in [2.75, 3.05) is 27.3 Å². The molecule has 2 aromatic carbocycles. The second kappa shape index (κ2) is 10.8. The largest absolute Gasteiger partial charge is 0.493 e. The molecule has 0 aliphatic carbocycles. The Morgan fingerprint density at radius 3 is 2.54 bits per heavy atom. The average molecular weight is 384 g/mol. The molecule has 0 saturated carbocycles. The smallest absolute Gasteiger partial charge is 0.191 e. The number of nitriles is 1. The third kappa shape index (κ3) is 5.88. The van der Waals surface area contributed by atoms with E-state index >= 15 is 0 Å². The molecule has 7 heteroatoms. The first-order valence-corrected chi connectivity index (χ1v) is 9.02. The molecule has 0 radical (unpaired) electrons. The van der Waals surface area contributed by atoms with Crippen LogP contribution in [-0.2, 0) is 13.0 Å². The molecule has 0 aliphatic heterocycles. The van der Waals surface area contributed by atoms with Gasteiger partial charge in [-0.3, -0.25) is 0 Å². The van der Waals surface area contributed by atoms with Gasteiger partial charge < -0.3 is 20.1 Å². The molecule has 0 aromatic heterocycles. The number of benzene rings is 2. The lowest BCUT2D eigenvalue weighted by Crippen LogP contribution is -2.38. The van der Waals surface area contributed by atoms with Gasteiger partial charge in [0.25, 0.3) is 0 Å². The van der Waals surface area contributed by atoms with Gasteiger partial charge >= 0.3 is 0 Å². The zero-order valence-electron chi connectivity index (χ0n) is 16.4. The lowest BCUT2D eigenvalue weighted by atomic mass is 10.1. The monoisotopic (exact) mass is 384 g/mol. The molecule has 0 spiro atoms.